The number of ketones is 1. The van der Waals surface area contributed by atoms with Gasteiger partial charge in [-0.25, -0.2) is 13.4 Å². The van der Waals surface area contributed by atoms with Crippen LogP contribution in [-0.2, 0) is 38.8 Å². The standard InChI is InChI=1S/C28H32N2O6S/c1-6-36-25(32)17-30-18(2)22(26-23(30)15-28(3,4)16-24(26)31)14-19-8-7-13-29-27(19)37(33,34)21-11-9-20(35-5)10-12-21/h7-13H,6,14-17H2,1-5H3. The second-order valence-electron chi connectivity index (χ2n) is 10.0. The summed E-state index contributed by atoms with van der Waals surface area (Å²) >= 11 is 0. The number of fused-ring (bicyclic) bond motifs is 1. The van der Waals surface area contributed by atoms with E-state index in [2.05, 4.69) is 4.98 Å². The summed E-state index contributed by atoms with van der Waals surface area (Å²) in [6.45, 7) is 7.94. The average molecular weight is 525 g/mol. The van der Waals surface area contributed by atoms with Crippen molar-refractivity contribution in [2.75, 3.05) is 13.7 Å². The molecule has 3 aromatic rings. The van der Waals surface area contributed by atoms with E-state index in [-0.39, 0.29) is 46.7 Å². The van der Waals surface area contributed by atoms with Crippen LogP contribution in [0.1, 0.15) is 60.1 Å². The largest absolute Gasteiger partial charge is 0.497 e. The molecule has 1 aromatic carbocycles. The molecule has 37 heavy (non-hydrogen) atoms. The molecule has 0 unspecified atom stereocenters. The van der Waals surface area contributed by atoms with Gasteiger partial charge in [0.05, 0.1) is 18.6 Å². The van der Waals surface area contributed by atoms with Crippen LogP contribution < -0.4 is 4.74 Å². The van der Waals surface area contributed by atoms with Crippen molar-refractivity contribution in [1.82, 2.24) is 9.55 Å². The Kier molecular flexibility index (Phi) is 7.28. The highest BCUT2D eigenvalue weighted by molar-refractivity contribution is 7.91. The minimum absolute atomic E-state index is 0.00425. The Hall–Kier alpha value is -3.46. The van der Waals surface area contributed by atoms with Crippen molar-refractivity contribution in [3.63, 3.8) is 0 Å². The first-order valence-corrected chi connectivity index (χ1v) is 13.7. The molecule has 8 nitrogen and oxygen atoms in total. The van der Waals surface area contributed by atoms with Crippen molar-refractivity contribution < 1.29 is 27.5 Å². The Morgan fingerprint density at radius 1 is 1.14 bits per heavy atom. The van der Waals surface area contributed by atoms with Crippen LogP contribution in [0.4, 0.5) is 0 Å². The number of pyridine rings is 1. The minimum Gasteiger partial charge on any atom is -0.497 e. The Bertz CT molecular complexity index is 1450. The maximum atomic E-state index is 13.6. The number of methoxy groups -OCH3 is 1. The van der Waals surface area contributed by atoms with Gasteiger partial charge < -0.3 is 14.0 Å². The van der Waals surface area contributed by atoms with Gasteiger partial charge in [-0.05, 0) is 67.1 Å². The number of nitrogens with zero attached hydrogens (tertiary/aromatic N) is 2. The van der Waals surface area contributed by atoms with Crippen LogP contribution in [-0.4, -0.2) is 43.4 Å². The maximum absolute atomic E-state index is 13.6. The minimum atomic E-state index is -3.93. The van der Waals surface area contributed by atoms with Gasteiger partial charge in [-0.15, -0.1) is 0 Å². The second-order valence-corrected chi connectivity index (χ2v) is 11.9. The molecule has 4 rings (SSSR count). The van der Waals surface area contributed by atoms with Gasteiger partial charge in [0.1, 0.15) is 12.3 Å². The Morgan fingerprint density at radius 2 is 1.84 bits per heavy atom. The highest BCUT2D eigenvalue weighted by Gasteiger charge is 2.37. The van der Waals surface area contributed by atoms with E-state index in [0.29, 0.717) is 29.7 Å². The van der Waals surface area contributed by atoms with Crippen molar-refractivity contribution in [1.29, 1.82) is 0 Å². The SMILES string of the molecule is CCOC(=O)Cn1c(C)c(Cc2cccnc2S(=O)(=O)c2ccc(OC)cc2)c2c1CC(C)(C)CC2=O. The van der Waals surface area contributed by atoms with E-state index in [1.807, 2.05) is 25.3 Å². The van der Waals surface area contributed by atoms with Gasteiger partial charge in [0.25, 0.3) is 0 Å². The van der Waals surface area contributed by atoms with Gasteiger partial charge in [0, 0.05) is 36.0 Å². The summed E-state index contributed by atoms with van der Waals surface area (Å²) in [5, 5.41) is -0.0601. The first-order valence-electron chi connectivity index (χ1n) is 12.2. The first-order chi connectivity index (χ1) is 17.5. The monoisotopic (exact) mass is 524 g/mol. The lowest BCUT2D eigenvalue weighted by Gasteiger charge is -2.30. The topological polar surface area (TPSA) is 105 Å². The zero-order valence-corrected chi connectivity index (χ0v) is 22.6. The fourth-order valence-corrected chi connectivity index (χ4v) is 6.43. The Morgan fingerprint density at radius 3 is 2.49 bits per heavy atom. The molecule has 0 amide bonds. The lowest BCUT2D eigenvalue weighted by molar-refractivity contribution is -0.143. The number of carbonyl (C=O) groups is 2. The third-order valence-corrected chi connectivity index (χ3v) is 8.53. The number of Topliss-reactive ketones (excluding diaryl/α,β-unsaturated/α-hetero) is 1. The maximum Gasteiger partial charge on any atom is 0.325 e. The summed E-state index contributed by atoms with van der Waals surface area (Å²) < 4.78 is 39.3. The van der Waals surface area contributed by atoms with Crippen molar-refractivity contribution in [3.05, 3.63) is 70.7 Å². The molecule has 196 valence electrons. The summed E-state index contributed by atoms with van der Waals surface area (Å²) in [5.41, 5.74) is 3.08. The molecule has 0 aliphatic heterocycles. The normalized spacial score (nSPS) is 14.8. The van der Waals surface area contributed by atoms with Crippen LogP contribution in [0.15, 0.2) is 52.5 Å². The molecule has 0 atom stereocenters. The van der Waals surface area contributed by atoms with E-state index < -0.39 is 9.84 Å². The molecule has 9 heteroatoms. The predicted molar refractivity (Wildman–Crippen MR) is 138 cm³/mol. The number of benzene rings is 1. The number of rotatable bonds is 8. The third-order valence-electron chi connectivity index (χ3n) is 6.76. The zero-order valence-electron chi connectivity index (χ0n) is 21.8. The molecular formula is C28H32N2O6S. The Balaban J connectivity index is 1.82. The van der Waals surface area contributed by atoms with Gasteiger partial charge >= 0.3 is 5.97 Å². The zero-order chi connectivity index (χ0) is 27.0. The lowest BCUT2D eigenvalue weighted by atomic mass is 9.75. The fraction of sp³-hybridized carbons (Fsp3) is 0.393. The van der Waals surface area contributed by atoms with Gasteiger partial charge in [-0.3, -0.25) is 9.59 Å². The van der Waals surface area contributed by atoms with Crippen LogP contribution >= 0.6 is 0 Å². The molecule has 0 radical (unpaired) electrons. The summed E-state index contributed by atoms with van der Waals surface area (Å²) in [5.74, 6) is 0.164. The second kappa shape index (κ2) is 10.1. The van der Waals surface area contributed by atoms with E-state index in [9.17, 15) is 18.0 Å². The van der Waals surface area contributed by atoms with E-state index in [4.69, 9.17) is 9.47 Å². The van der Waals surface area contributed by atoms with Crippen molar-refractivity contribution in [2.24, 2.45) is 5.41 Å². The van der Waals surface area contributed by atoms with Crippen molar-refractivity contribution in [3.8, 4) is 5.75 Å². The molecule has 0 N–H and O–H groups in total. The van der Waals surface area contributed by atoms with Gasteiger partial charge in [-0.2, -0.15) is 0 Å². The van der Waals surface area contributed by atoms with Crippen molar-refractivity contribution in [2.45, 2.75) is 63.4 Å². The summed E-state index contributed by atoms with van der Waals surface area (Å²) in [6, 6.07) is 9.56. The molecule has 1 aliphatic carbocycles. The van der Waals surface area contributed by atoms with E-state index in [0.717, 1.165) is 17.0 Å². The highest BCUT2D eigenvalue weighted by Crippen LogP contribution is 2.40. The van der Waals surface area contributed by atoms with Crippen LogP contribution in [0.5, 0.6) is 5.75 Å². The molecule has 0 bridgehead atoms. The molecule has 0 saturated carbocycles. The van der Waals surface area contributed by atoms with E-state index in [1.54, 1.807) is 31.2 Å². The number of aromatic nitrogens is 2. The number of sulfone groups is 1. The molecule has 0 saturated heterocycles. The van der Waals surface area contributed by atoms with Crippen LogP contribution in [0, 0.1) is 12.3 Å². The van der Waals surface area contributed by atoms with Gasteiger partial charge in [0.15, 0.2) is 10.8 Å². The van der Waals surface area contributed by atoms with E-state index >= 15 is 0 Å². The summed E-state index contributed by atoms with van der Waals surface area (Å²) in [4.78, 5) is 30.1. The summed E-state index contributed by atoms with van der Waals surface area (Å²) in [7, 11) is -2.42. The number of carbonyl (C=O) groups excluding carboxylic acids is 2. The predicted octanol–water partition coefficient (Wildman–Crippen LogP) is 4.34. The lowest BCUT2D eigenvalue weighted by Crippen LogP contribution is -2.29. The van der Waals surface area contributed by atoms with Crippen LogP contribution in [0.3, 0.4) is 0 Å². The molecular weight excluding hydrogens is 492 g/mol. The van der Waals surface area contributed by atoms with Crippen molar-refractivity contribution >= 4 is 21.6 Å². The fourth-order valence-electron chi connectivity index (χ4n) is 5.03. The Labute approximate surface area is 217 Å². The molecule has 0 spiro atoms. The average Bonchev–Trinajstić information content (AvgIpc) is 3.09. The number of hydrogen-bond acceptors (Lipinski definition) is 7. The number of esters is 1. The van der Waals surface area contributed by atoms with Crippen LogP contribution in [0.2, 0.25) is 0 Å². The highest BCUT2D eigenvalue weighted by atomic mass is 32.2. The van der Waals surface area contributed by atoms with Crippen LogP contribution in [0.25, 0.3) is 0 Å². The first kappa shape index (κ1) is 26.6. The van der Waals surface area contributed by atoms with Gasteiger partial charge in [-0.1, -0.05) is 19.9 Å². The molecule has 2 aromatic heterocycles. The van der Waals surface area contributed by atoms with Gasteiger partial charge in [0.2, 0.25) is 9.84 Å². The molecule has 1 aliphatic rings. The number of ether oxygens (including phenoxy) is 2. The quantitative estimate of drug-likeness (QED) is 0.404. The van der Waals surface area contributed by atoms with E-state index in [1.165, 1.54) is 25.4 Å². The summed E-state index contributed by atoms with van der Waals surface area (Å²) in [6.07, 6.45) is 2.63. The third kappa shape index (κ3) is 5.18. The molecule has 0 fully saturated rings. The number of hydrogen-bond donors (Lipinski definition) is 0. The smallest absolute Gasteiger partial charge is 0.325 e. The molecule has 2 heterocycles.